The Labute approximate surface area is 171 Å². The summed E-state index contributed by atoms with van der Waals surface area (Å²) in [7, 11) is 0. The van der Waals surface area contributed by atoms with E-state index < -0.39 is 0 Å². The van der Waals surface area contributed by atoms with Gasteiger partial charge in [-0.1, -0.05) is 25.5 Å². The van der Waals surface area contributed by atoms with Crippen molar-refractivity contribution in [1.82, 2.24) is 4.98 Å². The fraction of sp³-hybridized carbons (Fsp3) is 0.250. The molecule has 3 N–H and O–H groups in total. The highest BCUT2D eigenvalue weighted by molar-refractivity contribution is 6.08. The van der Waals surface area contributed by atoms with E-state index in [0.29, 0.717) is 17.0 Å². The van der Waals surface area contributed by atoms with E-state index in [2.05, 4.69) is 29.4 Å². The zero-order valence-corrected chi connectivity index (χ0v) is 17.2. The normalized spacial score (nSPS) is 10.6. The number of ether oxygens (including phenoxy) is 1. The van der Waals surface area contributed by atoms with Gasteiger partial charge in [-0.3, -0.25) is 4.79 Å². The van der Waals surface area contributed by atoms with Crippen molar-refractivity contribution >= 4 is 17.4 Å². The van der Waals surface area contributed by atoms with Crippen molar-refractivity contribution in [2.75, 3.05) is 11.1 Å². The van der Waals surface area contributed by atoms with Crippen LogP contribution in [0.4, 0.5) is 11.5 Å². The van der Waals surface area contributed by atoms with Crippen LogP contribution in [0.2, 0.25) is 0 Å². The van der Waals surface area contributed by atoms with Gasteiger partial charge in [0.25, 0.3) is 5.91 Å². The lowest BCUT2D eigenvalue weighted by Gasteiger charge is -2.12. The minimum Gasteiger partial charge on any atom is -0.457 e. The summed E-state index contributed by atoms with van der Waals surface area (Å²) in [5, 5.41) is 2.87. The van der Waals surface area contributed by atoms with Gasteiger partial charge in [0.1, 0.15) is 17.3 Å². The molecule has 3 aromatic rings. The van der Waals surface area contributed by atoms with E-state index in [9.17, 15) is 4.79 Å². The molecule has 2 aromatic carbocycles. The van der Waals surface area contributed by atoms with Gasteiger partial charge in [0.2, 0.25) is 0 Å². The highest BCUT2D eigenvalue weighted by Gasteiger charge is 2.15. The third kappa shape index (κ3) is 5.35. The first kappa shape index (κ1) is 20.4. The van der Waals surface area contributed by atoms with Gasteiger partial charge in [0, 0.05) is 11.4 Å². The summed E-state index contributed by atoms with van der Waals surface area (Å²) in [6, 6.07) is 17.3. The van der Waals surface area contributed by atoms with Crippen molar-refractivity contribution in [1.29, 1.82) is 0 Å². The SMILES string of the molecule is CCCCc1cccc(Oc2ccc(NC(=O)c3c(C)cc(C)nc3N)cc2)c1. The second kappa shape index (κ2) is 9.24. The summed E-state index contributed by atoms with van der Waals surface area (Å²) >= 11 is 0. The quantitative estimate of drug-likeness (QED) is 0.546. The van der Waals surface area contributed by atoms with Crippen LogP contribution in [0.15, 0.2) is 54.6 Å². The average molecular weight is 389 g/mol. The number of nitrogen functional groups attached to an aromatic ring is 1. The lowest BCUT2D eigenvalue weighted by Crippen LogP contribution is -2.17. The Morgan fingerprint density at radius 1 is 1.07 bits per heavy atom. The number of hydrogen-bond acceptors (Lipinski definition) is 4. The van der Waals surface area contributed by atoms with E-state index in [4.69, 9.17) is 10.5 Å². The second-order valence-electron chi connectivity index (χ2n) is 7.17. The highest BCUT2D eigenvalue weighted by Crippen LogP contribution is 2.25. The van der Waals surface area contributed by atoms with Crippen LogP contribution in [-0.2, 0) is 6.42 Å². The molecule has 5 nitrogen and oxygen atoms in total. The van der Waals surface area contributed by atoms with Gasteiger partial charge in [0.15, 0.2) is 0 Å². The van der Waals surface area contributed by atoms with E-state index in [-0.39, 0.29) is 11.7 Å². The van der Waals surface area contributed by atoms with Crippen molar-refractivity contribution in [3.05, 3.63) is 77.0 Å². The third-order valence-corrected chi connectivity index (χ3v) is 4.67. The first-order valence-electron chi connectivity index (χ1n) is 9.88. The summed E-state index contributed by atoms with van der Waals surface area (Å²) in [5.41, 5.74) is 9.87. The van der Waals surface area contributed by atoms with Gasteiger partial charge in [-0.05, 0) is 80.3 Å². The largest absolute Gasteiger partial charge is 0.457 e. The van der Waals surface area contributed by atoms with Crippen LogP contribution >= 0.6 is 0 Å². The van der Waals surface area contributed by atoms with Gasteiger partial charge in [-0.25, -0.2) is 4.98 Å². The van der Waals surface area contributed by atoms with Gasteiger partial charge in [-0.15, -0.1) is 0 Å². The number of nitrogens with zero attached hydrogens (tertiary/aromatic N) is 1. The Kier molecular flexibility index (Phi) is 6.50. The van der Waals surface area contributed by atoms with Crippen molar-refractivity contribution < 1.29 is 9.53 Å². The van der Waals surface area contributed by atoms with E-state index >= 15 is 0 Å². The molecule has 5 heteroatoms. The molecule has 0 saturated heterocycles. The molecule has 0 fully saturated rings. The number of carbonyl (C=O) groups excluding carboxylic acids is 1. The molecule has 1 amide bonds. The summed E-state index contributed by atoms with van der Waals surface area (Å²) in [4.78, 5) is 16.8. The Balaban J connectivity index is 1.67. The smallest absolute Gasteiger partial charge is 0.259 e. The number of carbonyl (C=O) groups is 1. The predicted octanol–water partition coefficient (Wildman–Crippen LogP) is 5.67. The zero-order chi connectivity index (χ0) is 20.8. The molecule has 3 rings (SSSR count). The monoisotopic (exact) mass is 389 g/mol. The minimum absolute atomic E-state index is 0.239. The molecule has 0 aliphatic carbocycles. The topological polar surface area (TPSA) is 77.2 Å². The van der Waals surface area contributed by atoms with E-state index in [1.807, 2.05) is 44.2 Å². The van der Waals surface area contributed by atoms with Gasteiger partial charge in [0.05, 0.1) is 5.56 Å². The van der Waals surface area contributed by atoms with Gasteiger partial charge in [-0.2, -0.15) is 0 Å². The average Bonchev–Trinajstić information content (AvgIpc) is 2.67. The highest BCUT2D eigenvalue weighted by atomic mass is 16.5. The number of nitrogens with two attached hydrogens (primary N) is 1. The lowest BCUT2D eigenvalue weighted by atomic mass is 10.1. The number of amides is 1. The fourth-order valence-corrected chi connectivity index (χ4v) is 3.24. The van der Waals surface area contributed by atoms with Crippen LogP contribution < -0.4 is 15.8 Å². The first-order chi connectivity index (χ1) is 14.0. The molecule has 0 unspecified atom stereocenters. The molecule has 0 radical (unpaired) electrons. The third-order valence-electron chi connectivity index (χ3n) is 4.67. The molecular formula is C24H27N3O2. The van der Waals surface area contributed by atoms with E-state index in [1.165, 1.54) is 18.4 Å². The molecule has 29 heavy (non-hydrogen) atoms. The summed E-state index contributed by atoms with van der Waals surface area (Å²) < 4.78 is 5.95. The van der Waals surface area contributed by atoms with Gasteiger partial charge >= 0.3 is 0 Å². The van der Waals surface area contributed by atoms with Crippen LogP contribution in [0.5, 0.6) is 11.5 Å². The maximum atomic E-state index is 12.6. The predicted molar refractivity (Wildman–Crippen MR) is 118 cm³/mol. The molecule has 0 spiro atoms. The Bertz CT molecular complexity index is 974. The minimum atomic E-state index is -0.273. The van der Waals surface area contributed by atoms with Crippen LogP contribution in [0.1, 0.15) is 46.9 Å². The number of benzene rings is 2. The van der Waals surface area contributed by atoms with Crippen LogP contribution in [0.25, 0.3) is 0 Å². The molecular weight excluding hydrogens is 362 g/mol. The number of aromatic nitrogens is 1. The molecule has 1 heterocycles. The molecule has 0 saturated carbocycles. The molecule has 0 aliphatic heterocycles. The van der Waals surface area contributed by atoms with Crippen molar-refractivity contribution in [2.24, 2.45) is 0 Å². The Morgan fingerprint density at radius 3 is 2.52 bits per heavy atom. The summed E-state index contributed by atoms with van der Waals surface area (Å²) in [6.07, 6.45) is 3.38. The molecule has 0 atom stereocenters. The van der Waals surface area contributed by atoms with Crippen LogP contribution in [0, 0.1) is 13.8 Å². The standard InChI is InChI=1S/C24H27N3O2/c1-4-5-7-18-8-6-9-21(15-18)29-20-12-10-19(11-13-20)27-24(28)22-16(2)14-17(3)26-23(22)25/h6,8-15H,4-5,7H2,1-3H3,(H2,25,26)(H,27,28). The van der Waals surface area contributed by atoms with Gasteiger partial charge < -0.3 is 15.8 Å². The molecule has 150 valence electrons. The maximum absolute atomic E-state index is 12.6. The number of unbranched alkanes of at least 4 members (excludes halogenated alkanes) is 1. The second-order valence-corrected chi connectivity index (χ2v) is 7.17. The molecule has 1 aromatic heterocycles. The first-order valence-corrected chi connectivity index (χ1v) is 9.88. The van der Waals surface area contributed by atoms with E-state index in [1.54, 1.807) is 12.1 Å². The Morgan fingerprint density at radius 2 is 1.83 bits per heavy atom. The summed E-state index contributed by atoms with van der Waals surface area (Å²) in [6.45, 7) is 5.89. The molecule has 0 aliphatic rings. The van der Waals surface area contributed by atoms with Crippen molar-refractivity contribution in [3.8, 4) is 11.5 Å². The fourth-order valence-electron chi connectivity index (χ4n) is 3.24. The number of aryl methyl sites for hydroxylation is 3. The van der Waals surface area contributed by atoms with Crippen molar-refractivity contribution in [2.45, 2.75) is 40.0 Å². The number of anilines is 2. The van der Waals surface area contributed by atoms with Crippen molar-refractivity contribution in [3.63, 3.8) is 0 Å². The number of pyridine rings is 1. The molecule has 0 bridgehead atoms. The van der Waals surface area contributed by atoms with Crippen LogP contribution in [0.3, 0.4) is 0 Å². The Hall–Kier alpha value is -3.34. The number of rotatable bonds is 7. The summed E-state index contributed by atoms with van der Waals surface area (Å²) in [5.74, 6) is 1.49. The lowest BCUT2D eigenvalue weighted by molar-refractivity contribution is 0.102. The maximum Gasteiger partial charge on any atom is 0.259 e. The zero-order valence-electron chi connectivity index (χ0n) is 17.2. The number of nitrogens with one attached hydrogen (secondary N) is 1. The van der Waals surface area contributed by atoms with Crippen LogP contribution in [-0.4, -0.2) is 10.9 Å². The number of hydrogen-bond donors (Lipinski definition) is 2. The van der Waals surface area contributed by atoms with E-state index in [0.717, 1.165) is 23.4 Å².